The van der Waals surface area contributed by atoms with Gasteiger partial charge in [0.15, 0.2) is 6.10 Å². The fraction of sp³-hybridized carbons (Fsp3) is 0.333. The Labute approximate surface area is 121 Å². The lowest BCUT2D eigenvalue weighted by atomic mass is 10.1. The van der Waals surface area contributed by atoms with E-state index in [1.54, 1.807) is 0 Å². The Bertz CT molecular complexity index is 635. The number of carboxylic acids is 1. The number of H-pyrrole nitrogens is 1. The molecule has 1 amide bonds. The van der Waals surface area contributed by atoms with Crippen LogP contribution >= 0.6 is 0 Å². The summed E-state index contributed by atoms with van der Waals surface area (Å²) in [5.41, 5.74) is 2.11. The largest absolute Gasteiger partial charge is 0.479 e. The van der Waals surface area contributed by atoms with Gasteiger partial charge in [0.2, 0.25) is 5.91 Å². The van der Waals surface area contributed by atoms with Gasteiger partial charge in [0, 0.05) is 36.5 Å². The van der Waals surface area contributed by atoms with Crippen molar-refractivity contribution < 1.29 is 19.8 Å². The van der Waals surface area contributed by atoms with E-state index in [2.05, 4.69) is 10.3 Å². The molecule has 112 valence electrons. The molecule has 1 aromatic carbocycles. The Balaban J connectivity index is 1.78. The number of carbonyl (C=O) groups is 2. The third-order valence-corrected chi connectivity index (χ3v) is 3.32. The molecule has 0 aliphatic heterocycles. The number of nitrogens with one attached hydrogen (secondary N) is 2. The second-order valence-corrected chi connectivity index (χ2v) is 4.85. The SMILES string of the molecule is O=C(CCc1c[nH]c2ccccc12)NCCC(O)C(=O)O. The van der Waals surface area contributed by atoms with Crippen LogP contribution in [0.4, 0.5) is 0 Å². The Morgan fingerprint density at radius 1 is 1.29 bits per heavy atom. The number of para-hydroxylation sites is 1. The topological polar surface area (TPSA) is 102 Å². The molecule has 4 N–H and O–H groups in total. The lowest BCUT2D eigenvalue weighted by Crippen LogP contribution is -2.30. The first-order chi connectivity index (χ1) is 10.1. The van der Waals surface area contributed by atoms with Gasteiger partial charge in [-0.2, -0.15) is 0 Å². The number of amides is 1. The van der Waals surface area contributed by atoms with Gasteiger partial charge in [0.25, 0.3) is 0 Å². The highest BCUT2D eigenvalue weighted by Crippen LogP contribution is 2.18. The molecule has 2 aromatic rings. The molecule has 6 nitrogen and oxygen atoms in total. The highest BCUT2D eigenvalue weighted by molar-refractivity contribution is 5.84. The maximum atomic E-state index is 11.7. The van der Waals surface area contributed by atoms with Gasteiger partial charge in [-0.1, -0.05) is 18.2 Å². The Hall–Kier alpha value is -2.34. The van der Waals surface area contributed by atoms with E-state index in [0.29, 0.717) is 12.8 Å². The molecular formula is C15H18N2O4. The van der Waals surface area contributed by atoms with Gasteiger partial charge in [-0.15, -0.1) is 0 Å². The second-order valence-electron chi connectivity index (χ2n) is 4.85. The summed E-state index contributed by atoms with van der Waals surface area (Å²) in [7, 11) is 0. The summed E-state index contributed by atoms with van der Waals surface area (Å²) in [6.45, 7) is 0.153. The van der Waals surface area contributed by atoms with Crippen LogP contribution in [0.5, 0.6) is 0 Å². The number of rotatable bonds is 7. The van der Waals surface area contributed by atoms with Crippen molar-refractivity contribution in [1.29, 1.82) is 0 Å². The molecule has 0 spiro atoms. The Kier molecular flexibility index (Phi) is 4.94. The third-order valence-electron chi connectivity index (χ3n) is 3.32. The monoisotopic (exact) mass is 290 g/mol. The van der Waals surface area contributed by atoms with E-state index in [9.17, 15) is 9.59 Å². The van der Waals surface area contributed by atoms with Gasteiger partial charge in [-0.05, 0) is 18.1 Å². The molecule has 0 saturated carbocycles. The van der Waals surface area contributed by atoms with E-state index in [-0.39, 0.29) is 18.9 Å². The molecule has 0 aliphatic rings. The summed E-state index contributed by atoms with van der Waals surface area (Å²) < 4.78 is 0. The van der Waals surface area contributed by atoms with Crippen LogP contribution < -0.4 is 5.32 Å². The number of hydrogen-bond acceptors (Lipinski definition) is 3. The first kappa shape index (κ1) is 15.1. The number of hydrogen-bond donors (Lipinski definition) is 4. The zero-order valence-electron chi connectivity index (χ0n) is 11.5. The van der Waals surface area contributed by atoms with Gasteiger partial charge in [0.05, 0.1) is 0 Å². The van der Waals surface area contributed by atoms with Gasteiger partial charge >= 0.3 is 5.97 Å². The Morgan fingerprint density at radius 2 is 2.05 bits per heavy atom. The van der Waals surface area contributed by atoms with Crippen LogP contribution in [0.1, 0.15) is 18.4 Å². The summed E-state index contributed by atoms with van der Waals surface area (Å²) >= 11 is 0. The standard InChI is InChI=1S/C15H18N2O4/c18-13(15(20)21)7-8-16-14(19)6-5-10-9-17-12-4-2-1-3-11(10)12/h1-4,9,13,17-18H,5-8H2,(H,16,19)(H,20,21). The van der Waals surface area contributed by atoms with E-state index in [4.69, 9.17) is 10.2 Å². The molecule has 1 aromatic heterocycles. The van der Waals surface area contributed by atoms with Crippen LogP contribution in [0.3, 0.4) is 0 Å². The number of fused-ring (bicyclic) bond motifs is 1. The number of carbonyl (C=O) groups excluding carboxylic acids is 1. The summed E-state index contributed by atoms with van der Waals surface area (Å²) in [5.74, 6) is -1.43. The highest BCUT2D eigenvalue weighted by Gasteiger charge is 2.13. The maximum Gasteiger partial charge on any atom is 0.332 e. The lowest BCUT2D eigenvalue weighted by molar-refractivity contribution is -0.147. The quantitative estimate of drug-likeness (QED) is 0.612. The third kappa shape index (κ3) is 4.06. The van der Waals surface area contributed by atoms with Gasteiger partial charge in [-0.25, -0.2) is 4.79 Å². The predicted molar refractivity (Wildman–Crippen MR) is 77.9 cm³/mol. The number of aliphatic hydroxyl groups is 1. The average Bonchev–Trinajstić information content (AvgIpc) is 2.88. The van der Waals surface area contributed by atoms with Crippen LogP contribution in [-0.4, -0.2) is 39.7 Å². The number of aromatic amines is 1. The molecular weight excluding hydrogens is 272 g/mol. The first-order valence-electron chi connectivity index (χ1n) is 6.80. The smallest absolute Gasteiger partial charge is 0.332 e. The average molecular weight is 290 g/mol. The van der Waals surface area contributed by atoms with Crippen molar-refractivity contribution in [2.45, 2.75) is 25.4 Å². The van der Waals surface area contributed by atoms with Crippen molar-refractivity contribution in [1.82, 2.24) is 10.3 Å². The summed E-state index contributed by atoms with van der Waals surface area (Å²) in [5, 5.41) is 21.3. The number of benzene rings is 1. The molecule has 21 heavy (non-hydrogen) atoms. The molecule has 0 aliphatic carbocycles. The summed E-state index contributed by atoms with van der Waals surface area (Å²) in [4.78, 5) is 25.2. The molecule has 0 radical (unpaired) electrons. The van der Waals surface area contributed by atoms with Crippen molar-refractivity contribution in [2.24, 2.45) is 0 Å². The van der Waals surface area contributed by atoms with E-state index in [0.717, 1.165) is 16.5 Å². The minimum Gasteiger partial charge on any atom is -0.479 e. The van der Waals surface area contributed by atoms with Crippen molar-refractivity contribution >= 4 is 22.8 Å². The number of aliphatic carboxylic acids is 1. The van der Waals surface area contributed by atoms with Gasteiger partial charge < -0.3 is 20.5 Å². The van der Waals surface area contributed by atoms with E-state index in [1.165, 1.54) is 0 Å². The first-order valence-corrected chi connectivity index (χ1v) is 6.80. The number of aliphatic hydroxyl groups excluding tert-OH is 1. The molecule has 0 saturated heterocycles. The molecule has 0 bridgehead atoms. The Morgan fingerprint density at radius 3 is 2.81 bits per heavy atom. The molecule has 6 heteroatoms. The van der Waals surface area contributed by atoms with Crippen LogP contribution in [0.15, 0.2) is 30.5 Å². The summed E-state index contributed by atoms with van der Waals surface area (Å²) in [6, 6.07) is 7.88. The van der Waals surface area contributed by atoms with Crippen molar-refractivity contribution in [2.75, 3.05) is 6.54 Å². The fourth-order valence-corrected chi connectivity index (χ4v) is 2.15. The molecule has 2 rings (SSSR count). The van der Waals surface area contributed by atoms with Crippen LogP contribution in [0, 0.1) is 0 Å². The van der Waals surface area contributed by atoms with E-state index >= 15 is 0 Å². The minimum absolute atomic E-state index is 0.00809. The zero-order chi connectivity index (χ0) is 15.2. The number of aryl methyl sites for hydroxylation is 1. The maximum absolute atomic E-state index is 11.7. The van der Waals surface area contributed by atoms with Crippen LogP contribution in [0.25, 0.3) is 10.9 Å². The molecule has 1 unspecified atom stereocenters. The summed E-state index contributed by atoms with van der Waals surface area (Å²) in [6.07, 6.45) is 1.40. The van der Waals surface area contributed by atoms with E-state index in [1.807, 2.05) is 30.5 Å². The van der Waals surface area contributed by atoms with Crippen molar-refractivity contribution in [3.8, 4) is 0 Å². The van der Waals surface area contributed by atoms with E-state index < -0.39 is 12.1 Å². The van der Waals surface area contributed by atoms with Gasteiger partial charge in [-0.3, -0.25) is 4.79 Å². The van der Waals surface area contributed by atoms with Crippen LogP contribution in [0.2, 0.25) is 0 Å². The number of carboxylic acid groups (broad SMARTS) is 1. The minimum atomic E-state index is -1.43. The van der Waals surface area contributed by atoms with Gasteiger partial charge in [0.1, 0.15) is 0 Å². The molecule has 1 heterocycles. The van der Waals surface area contributed by atoms with Crippen molar-refractivity contribution in [3.63, 3.8) is 0 Å². The highest BCUT2D eigenvalue weighted by atomic mass is 16.4. The fourth-order valence-electron chi connectivity index (χ4n) is 2.15. The predicted octanol–water partition coefficient (Wildman–Crippen LogP) is 1.05. The number of aromatic nitrogens is 1. The van der Waals surface area contributed by atoms with Crippen LogP contribution in [-0.2, 0) is 16.0 Å². The lowest BCUT2D eigenvalue weighted by Gasteiger charge is -2.07. The molecule has 0 fully saturated rings. The normalized spacial score (nSPS) is 12.2. The molecule has 1 atom stereocenters. The zero-order valence-corrected chi connectivity index (χ0v) is 11.5. The van der Waals surface area contributed by atoms with Crippen molar-refractivity contribution in [3.05, 3.63) is 36.0 Å². The second kappa shape index (κ2) is 6.90.